The standard InChI is InChI=1S/C28H36N4O2/c1-21-7-9-24(10-8-21)26-20-29-28(34-26)12-11-27(33)30-23(3)13-14-31-15-17-32(18-16-31)25-6-4-5-22(2)19-25/h4-10,19-20,23H,11-18H2,1-3H3,(H,30,33). The Bertz CT molecular complexity index is 1070. The van der Waals surface area contributed by atoms with E-state index < -0.39 is 0 Å². The molecule has 1 aromatic heterocycles. The maximum atomic E-state index is 12.4. The van der Waals surface area contributed by atoms with Gasteiger partial charge in [-0.1, -0.05) is 42.0 Å². The number of piperazine rings is 1. The van der Waals surface area contributed by atoms with E-state index in [1.165, 1.54) is 16.8 Å². The lowest BCUT2D eigenvalue weighted by Crippen LogP contribution is -2.47. The number of amides is 1. The van der Waals surface area contributed by atoms with Gasteiger partial charge < -0.3 is 14.6 Å². The quantitative estimate of drug-likeness (QED) is 0.505. The highest BCUT2D eigenvalue weighted by Gasteiger charge is 2.18. The fraction of sp³-hybridized carbons (Fsp3) is 0.429. The van der Waals surface area contributed by atoms with Crippen molar-refractivity contribution in [2.45, 2.75) is 46.1 Å². The first-order valence-electron chi connectivity index (χ1n) is 12.3. The number of hydrogen-bond donors (Lipinski definition) is 1. The van der Waals surface area contributed by atoms with E-state index in [1.54, 1.807) is 6.20 Å². The summed E-state index contributed by atoms with van der Waals surface area (Å²) in [7, 11) is 0. The van der Waals surface area contributed by atoms with Crippen LogP contribution in [0.3, 0.4) is 0 Å². The zero-order chi connectivity index (χ0) is 23.9. The Morgan fingerprint density at radius 1 is 1.06 bits per heavy atom. The van der Waals surface area contributed by atoms with Crippen LogP contribution in [0.1, 0.15) is 36.8 Å². The summed E-state index contributed by atoms with van der Waals surface area (Å²) < 4.78 is 5.84. The Morgan fingerprint density at radius 3 is 2.56 bits per heavy atom. The number of rotatable bonds is 9. The summed E-state index contributed by atoms with van der Waals surface area (Å²) in [5, 5.41) is 3.13. The molecule has 3 aromatic rings. The van der Waals surface area contributed by atoms with Gasteiger partial charge in [0.15, 0.2) is 11.7 Å². The van der Waals surface area contributed by atoms with E-state index in [4.69, 9.17) is 4.42 Å². The third-order valence-electron chi connectivity index (χ3n) is 6.48. The summed E-state index contributed by atoms with van der Waals surface area (Å²) in [6.45, 7) is 11.5. The highest BCUT2D eigenvalue weighted by Crippen LogP contribution is 2.21. The average molecular weight is 461 g/mol. The Kier molecular flexibility index (Phi) is 8.01. The van der Waals surface area contributed by atoms with E-state index in [0.717, 1.165) is 50.5 Å². The van der Waals surface area contributed by atoms with Gasteiger partial charge >= 0.3 is 0 Å². The van der Waals surface area contributed by atoms with Gasteiger partial charge in [0.05, 0.1) is 6.20 Å². The first kappa shape index (κ1) is 24.0. The predicted molar refractivity (Wildman–Crippen MR) is 137 cm³/mol. The van der Waals surface area contributed by atoms with Gasteiger partial charge in [-0.15, -0.1) is 0 Å². The molecule has 1 aliphatic rings. The lowest BCUT2D eigenvalue weighted by atomic mass is 10.1. The molecule has 1 amide bonds. The van der Waals surface area contributed by atoms with Gasteiger partial charge in [0.25, 0.3) is 0 Å². The molecule has 0 spiro atoms. The summed E-state index contributed by atoms with van der Waals surface area (Å²) in [5.41, 5.74) is 4.83. The Morgan fingerprint density at radius 2 is 1.82 bits per heavy atom. The number of anilines is 1. The van der Waals surface area contributed by atoms with Crippen molar-refractivity contribution in [2.24, 2.45) is 0 Å². The number of oxazole rings is 1. The summed E-state index contributed by atoms with van der Waals surface area (Å²) in [5.74, 6) is 1.39. The summed E-state index contributed by atoms with van der Waals surface area (Å²) in [6.07, 6.45) is 3.57. The molecule has 2 aromatic carbocycles. The lowest BCUT2D eigenvalue weighted by Gasteiger charge is -2.36. The smallest absolute Gasteiger partial charge is 0.220 e. The van der Waals surface area contributed by atoms with Crippen LogP contribution in [0.4, 0.5) is 5.69 Å². The van der Waals surface area contributed by atoms with Gasteiger partial charge in [0.2, 0.25) is 5.91 Å². The lowest BCUT2D eigenvalue weighted by molar-refractivity contribution is -0.121. The molecule has 2 heterocycles. The number of hydrogen-bond acceptors (Lipinski definition) is 5. The van der Waals surface area contributed by atoms with Crippen LogP contribution in [0.2, 0.25) is 0 Å². The minimum atomic E-state index is 0.0480. The molecule has 6 heteroatoms. The largest absolute Gasteiger partial charge is 0.441 e. The van der Waals surface area contributed by atoms with Crippen LogP contribution in [-0.2, 0) is 11.2 Å². The van der Waals surface area contributed by atoms with Crippen molar-refractivity contribution in [3.8, 4) is 11.3 Å². The zero-order valence-corrected chi connectivity index (χ0v) is 20.6. The van der Waals surface area contributed by atoms with Gasteiger partial charge in [0, 0.05) is 62.9 Å². The highest BCUT2D eigenvalue weighted by molar-refractivity contribution is 5.76. The molecule has 0 radical (unpaired) electrons. The van der Waals surface area contributed by atoms with Crippen LogP contribution in [0.15, 0.2) is 59.1 Å². The second-order valence-electron chi connectivity index (χ2n) is 9.41. The fourth-order valence-corrected chi connectivity index (χ4v) is 4.35. The van der Waals surface area contributed by atoms with Gasteiger partial charge in [-0.3, -0.25) is 9.69 Å². The van der Waals surface area contributed by atoms with E-state index in [1.807, 2.05) is 12.1 Å². The van der Waals surface area contributed by atoms with E-state index in [2.05, 4.69) is 77.3 Å². The molecule has 4 rings (SSSR count). The van der Waals surface area contributed by atoms with E-state index in [-0.39, 0.29) is 11.9 Å². The average Bonchev–Trinajstić information content (AvgIpc) is 3.31. The van der Waals surface area contributed by atoms with Crippen LogP contribution in [-0.4, -0.2) is 54.6 Å². The van der Waals surface area contributed by atoms with Crippen molar-refractivity contribution in [1.82, 2.24) is 15.2 Å². The van der Waals surface area contributed by atoms with Crippen molar-refractivity contribution in [1.29, 1.82) is 0 Å². The van der Waals surface area contributed by atoms with E-state index in [9.17, 15) is 4.79 Å². The number of carbonyl (C=O) groups is 1. The third kappa shape index (κ3) is 6.70. The van der Waals surface area contributed by atoms with E-state index >= 15 is 0 Å². The first-order valence-corrected chi connectivity index (χ1v) is 12.3. The SMILES string of the molecule is Cc1ccc(-c2cnc(CCC(=O)NC(C)CCN3CCN(c4cccc(C)c4)CC3)o2)cc1. The zero-order valence-electron chi connectivity index (χ0n) is 20.6. The number of aryl methyl sites for hydroxylation is 3. The summed E-state index contributed by atoms with van der Waals surface area (Å²) in [4.78, 5) is 21.7. The molecule has 0 bridgehead atoms. The Hall–Kier alpha value is -3.12. The molecule has 0 aliphatic carbocycles. The van der Waals surface area contributed by atoms with Gasteiger partial charge in [-0.2, -0.15) is 0 Å². The number of nitrogens with zero attached hydrogens (tertiary/aromatic N) is 3. The first-order chi connectivity index (χ1) is 16.5. The molecule has 1 fully saturated rings. The van der Waals surface area contributed by atoms with Crippen molar-refractivity contribution in [3.63, 3.8) is 0 Å². The summed E-state index contributed by atoms with van der Waals surface area (Å²) >= 11 is 0. The highest BCUT2D eigenvalue weighted by atomic mass is 16.4. The fourth-order valence-electron chi connectivity index (χ4n) is 4.35. The second-order valence-corrected chi connectivity index (χ2v) is 9.41. The van der Waals surface area contributed by atoms with Crippen molar-refractivity contribution >= 4 is 11.6 Å². The molecule has 180 valence electrons. The Balaban J connectivity index is 1.14. The molecule has 1 aliphatic heterocycles. The minimum Gasteiger partial charge on any atom is -0.441 e. The second kappa shape index (κ2) is 11.3. The topological polar surface area (TPSA) is 61.6 Å². The Labute approximate surface area is 203 Å². The number of carbonyl (C=O) groups excluding carboxylic acids is 1. The number of aromatic nitrogens is 1. The molecule has 34 heavy (non-hydrogen) atoms. The monoisotopic (exact) mass is 460 g/mol. The van der Waals surface area contributed by atoms with Gasteiger partial charge in [0.1, 0.15) is 0 Å². The minimum absolute atomic E-state index is 0.0480. The number of nitrogens with one attached hydrogen (secondary N) is 1. The molecule has 0 saturated carbocycles. The molecule has 1 unspecified atom stereocenters. The molecule has 1 atom stereocenters. The van der Waals surface area contributed by atoms with Crippen LogP contribution >= 0.6 is 0 Å². The van der Waals surface area contributed by atoms with Crippen LogP contribution in [0.5, 0.6) is 0 Å². The maximum Gasteiger partial charge on any atom is 0.220 e. The summed E-state index contributed by atoms with van der Waals surface area (Å²) in [6, 6.07) is 17.0. The van der Waals surface area contributed by atoms with Crippen molar-refractivity contribution in [2.75, 3.05) is 37.6 Å². The predicted octanol–water partition coefficient (Wildman–Crippen LogP) is 4.61. The van der Waals surface area contributed by atoms with Gasteiger partial charge in [-0.05, 0) is 44.9 Å². The number of benzene rings is 2. The maximum absolute atomic E-state index is 12.4. The molecule has 6 nitrogen and oxygen atoms in total. The van der Waals surface area contributed by atoms with Gasteiger partial charge in [-0.25, -0.2) is 4.98 Å². The normalized spacial score (nSPS) is 15.3. The van der Waals surface area contributed by atoms with Crippen molar-refractivity contribution in [3.05, 3.63) is 71.7 Å². The third-order valence-corrected chi connectivity index (χ3v) is 6.48. The van der Waals surface area contributed by atoms with Crippen LogP contribution in [0, 0.1) is 13.8 Å². The van der Waals surface area contributed by atoms with Crippen LogP contribution < -0.4 is 10.2 Å². The molecule has 1 saturated heterocycles. The molecular formula is C28H36N4O2. The molecule has 1 N–H and O–H groups in total. The van der Waals surface area contributed by atoms with E-state index in [0.29, 0.717) is 18.7 Å². The van der Waals surface area contributed by atoms with Crippen molar-refractivity contribution < 1.29 is 9.21 Å². The molecular weight excluding hydrogens is 424 g/mol. The van der Waals surface area contributed by atoms with Crippen LogP contribution in [0.25, 0.3) is 11.3 Å².